The number of hydrogen-bond acceptors (Lipinski definition) is 4. The number of carbonyl (C=O) groups is 1. The first-order valence-corrected chi connectivity index (χ1v) is 14.0. The largest absolute Gasteiger partial charge is 0.494 e. The van der Waals surface area contributed by atoms with Crippen LogP contribution in [0, 0.1) is 5.92 Å². The van der Waals surface area contributed by atoms with E-state index in [1.165, 1.54) is 18.5 Å². The molecule has 0 bridgehead atoms. The van der Waals surface area contributed by atoms with Gasteiger partial charge in [0.15, 0.2) is 0 Å². The summed E-state index contributed by atoms with van der Waals surface area (Å²) in [6, 6.07) is 23.0. The van der Waals surface area contributed by atoms with E-state index >= 15 is 0 Å². The maximum atomic E-state index is 13.0. The zero-order chi connectivity index (χ0) is 25.9. The summed E-state index contributed by atoms with van der Waals surface area (Å²) in [5.74, 6) is 1.51. The van der Waals surface area contributed by atoms with Crippen LogP contribution in [-0.4, -0.2) is 57.9 Å². The molecule has 0 radical (unpaired) electrons. The normalized spacial score (nSPS) is 16.8. The molecule has 6 heteroatoms. The second-order valence-electron chi connectivity index (χ2n) is 10.5. The number of carbonyl (C=O) groups excluding carboxylic acids is 1. The number of nitrogens with zero attached hydrogens (tertiary/aromatic N) is 4. The number of piperazine rings is 1. The van der Waals surface area contributed by atoms with Gasteiger partial charge in [0.1, 0.15) is 11.4 Å². The lowest BCUT2D eigenvalue weighted by molar-refractivity contribution is -0.137. The fourth-order valence-corrected chi connectivity index (χ4v) is 5.94. The second kappa shape index (κ2) is 11.0. The van der Waals surface area contributed by atoms with Crippen molar-refractivity contribution in [2.24, 2.45) is 5.92 Å². The van der Waals surface area contributed by atoms with Gasteiger partial charge in [-0.25, -0.2) is 4.98 Å². The number of benzene rings is 2. The van der Waals surface area contributed by atoms with E-state index in [1.54, 1.807) is 0 Å². The topological polar surface area (TPSA) is 50.1 Å². The molecule has 6 rings (SSSR count). The Hall–Kier alpha value is -3.64. The minimum absolute atomic E-state index is 0.254. The third kappa shape index (κ3) is 5.05. The molecule has 0 spiro atoms. The Morgan fingerprint density at radius 3 is 2.42 bits per heavy atom. The second-order valence-corrected chi connectivity index (χ2v) is 10.5. The monoisotopic (exact) mass is 508 g/mol. The van der Waals surface area contributed by atoms with E-state index in [-0.39, 0.29) is 5.92 Å². The van der Waals surface area contributed by atoms with Crippen molar-refractivity contribution in [2.45, 2.75) is 39.2 Å². The van der Waals surface area contributed by atoms with Gasteiger partial charge in [0.2, 0.25) is 5.91 Å². The van der Waals surface area contributed by atoms with Crippen LogP contribution in [0.2, 0.25) is 0 Å². The first-order chi connectivity index (χ1) is 18.7. The molecule has 2 aromatic carbocycles. The molecular weight excluding hydrogens is 472 g/mol. The zero-order valence-electron chi connectivity index (χ0n) is 22.2. The maximum Gasteiger partial charge on any atom is 0.225 e. The summed E-state index contributed by atoms with van der Waals surface area (Å²) in [7, 11) is 0. The summed E-state index contributed by atoms with van der Waals surface area (Å²) in [5, 5.41) is 0. The van der Waals surface area contributed by atoms with Gasteiger partial charge in [-0.3, -0.25) is 9.69 Å². The third-order valence-electron chi connectivity index (χ3n) is 8.00. The molecule has 1 amide bonds. The van der Waals surface area contributed by atoms with E-state index < -0.39 is 0 Å². The highest BCUT2D eigenvalue weighted by Gasteiger charge is 2.30. The number of rotatable bonds is 7. The fourth-order valence-electron chi connectivity index (χ4n) is 5.94. The van der Waals surface area contributed by atoms with Crippen LogP contribution in [0.5, 0.6) is 5.75 Å². The van der Waals surface area contributed by atoms with E-state index in [1.807, 2.05) is 25.1 Å². The fraction of sp³-hybridized carbons (Fsp3) is 0.375. The summed E-state index contributed by atoms with van der Waals surface area (Å²) in [5.41, 5.74) is 6.53. The molecule has 0 N–H and O–H groups in total. The van der Waals surface area contributed by atoms with Gasteiger partial charge in [-0.15, -0.1) is 0 Å². The summed E-state index contributed by atoms with van der Waals surface area (Å²) in [6.45, 7) is 6.83. The number of pyridine rings is 1. The van der Waals surface area contributed by atoms with Crippen molar-refractivity contribution in [3.8, 4) is 28.1 Å². The summed E-state index contributed by atoms with van der Waals surface area (Å²) < 4.78 is 8.00. The predicted molar refractivity (Wildman–Crippen MR) is 151 cm³/mol. The molecule has 1 aliphatic heterocycles. The number of aromatic nitrogens is 2. The van der Waals surface area contributed by atoms with E-state index in [2.05, 4.69) is 68.9 Å². The molecule has 196 valence electrons. The van der Waals surface area contributed by atoms with Gasteiger partial charge < -0.3 is 14.0 Å². The van der Waals surface area contributed by atoms with Gasteiger partial charge in [-0.05, 0) is 55.2 Å². The lowest BCUT2D eigenvalue weighted by atomic mass is 10.1. The summed E-state index contributed by atoms with van der Waals surface area (Å²) >= 11 is 0. The van der Waals surface area contributed by atoms with Crippen molar-refractivity contribution in [3.05, 3.63) is 78.6 Å². The molecule has 1 saturated carbocycles. The highest BCUT2D eigenvalue weighted by molar-refractivity contribution is 5.79. The van der Waals surface area contributed by atoms with Crippen LogP contribution in [-0.2, 0) is 11.3 Å². The van der Waals surface area contributed by atoms with Gasteiger partial charge in [0.25, 0.3) is 0 Å². The number of ether oxygens (including phenoxy) is 1. The van der Waals surface area contributed by atoms with Crippen molar-refractivity contribution < 1.29 is 9.53 Å². The lowest BCUT2D eigenvalue weighted by Gasteiger charge is -2.36. The van der Waals surface area contributed by atoms with Crippen molar-refractivity contribution >= 4 is 11.6 Å². The van der Waals surface area contributed by atoms with E-state index in [9.17, 15) is 4.79 Å². The third-order valence-corrected chi connectivity index (χ3v) is 8.00. The SMILES string of the molecule is CCOc1cccc(-c2ccc3nc(-c4ccccc4)c(CN4CCN(C(=O)C5CCCC5)CC4)n3c2)c1. The van der Waals surface area contributed by atoms with Crippen molar-refractivity contribution in [1.29, 1.82) is 0 Å². The number of fused-ring (bicyclic) bond motifs is 1. The smallest absolute Gasteiger partial charge is 0.225 e. The number of amides is 1. The van der Waals surface area contributed by atoms with Gasteiger partial charge in [-0.2, -0.15) is 0 Å². The van der Waals surface area contributed by atoms with Gasteiger partial charge in [-0.1, -0.05) is 55.3 Å². The Morgan fingerprint density at radius 1 is 0.895 bits per heavy atom. The van der Waals surface area contributed by atoms with Crippen LogP contribution in [0.1, 0.15) is 38.3 Å². The predicted octanol–water partition coefficient (Wildman–Crippen LogP) is 5.90. The molecule has 2 aliphatic rings. The van der Waals surface area contributed by atoms with Crippen molar-refractivity contribution in [1.82, 2.24) is 19.2 Å². The van der Waals surface area contributed by atoms with E-state index in [0.29, 0.717) is 12.5 Å². The summed E-state index contributed by atoms with van der Waals surface area (Å²) in [4.78, 5) is 22.6. The summed E-state index contributed by atoms with van der Waals surface area (Å²) in [6.07, 6.45) is 6.74. The quantitative estimate of drug-likeness (QED) is 0.312. The standard InChI is InChI=1S/C32H36N4O2/c1-2-38-28-14-8-13-26(21-28)27-15-16-30-33-31(24-9-4-3-5-10-24)29(36(30)22-27)23-34-17-19-35(20-18-34)32(37)25-11-6-7-12-25/h3-5,8-10,13-16,21-22,25H,2,6-7,11-12,17-20,23H2,1H3. The van der Waals surface area contributed by atoms with Crippen LogP contribution in [0.4, 0.5) is 0 Å². The molecule has 0 unspecified atom stereocenters. The van der Waals surface area contributed by atoms with Gasteiger partial charge in [0.05, 0.1) is 18.0 Å². The molecule has 38 heavy (non-hydrogen) atoms. The molecule has 4 aromatic rings. The molecule has 6 nitrogen and oxygen atoms in total. The van der Waals surface area contributed by atoms with Gasteiger partial charge in [0, 0.05) is 50.4 Å². The average Bonchev–Trinajstić information content (AvgIpc) is 3.63. The van der Waals surface area contributed by atoms with Crippen molar-refractivity contribution in [3.63, 3.8) is 0 Å². The number of hydrogen-bond donors (Lipinski definition) is 0. The van der Waals surface area contributed by atoms with Crippen LogP contribution < -0.4 is 4.74 Å². The highest BCUT2D eigenvalue weighted by atomic mass is 16.5. The van der Waals surface area contributed by atoms with E-state index in [4.69, 9.17) is 9.72 Å². The average molecular weight is 509 g/mol. The first kappa shape index (κ1) is 24.7. The Bertz CT molecular complexity index is 1400. The molecule has 1 saturated heterocycles. The Kier molecular flexibility index (Phi) is 7.14. The van der Waals surface area contributed by atoms with Crippen molar-refractivity contribution in [2.75, 3.05) is 32.8 Å². The minimum Gasteiger partial charge on any atom is -0.494 e. The number of imidazole rings is 1. The molecular formula is C32H36N4O2. The zero-order valence-corrected chi connectivity index (χ0v) is 22.2. The Morgan fingerprint density at radius 2 is 1.66 bits per heavy atom. The molecule has 2 fully saturated rings. The minimum atomic E-state index is 0.254. The molecule has 3 heterocycles. The molecule has 1 aliphatic carbocycles. The molecule has 2 aromatic heterocycles. The van der Waals surface area contributed by atoms with Gasteiger partial charge >= 0.3 is 0 Å². The van der Waals surface area contributed by atoms with Crippen LogP contribution in [0.3, 0.4) is 0 Å². The van der Waals surface area contributed by atoms with Crippen LogP contribution in [0.15, 0.2) is 72.9 Å². The highest BCUT2D eigenvalue weighted by Crippen LogP contribution is 2.30. The van der Waals surface area contributed by atoms with Crippen LogP contribution in [0.25, 0.3) is 28.0 Å². The lowest BCUT2D eigenvalue weighted by Crippen LogP contribution is -2.49. The maximum absolute atomic E-state index is 13.0. The van der Waals surface area contributed by atoms with E-state index in [0.717, 1.165) is 79.3 Å². The Balaban J connectivity index is 1.29. The molecule has 0 atom stereocenters. The Labute approximate surface area is 224 Å². The first-order valence-electron chi connectivity index (χ1n) is 14.0. The van der Waals surface area contributed by atoms with Crippen LogP contribution >= 0.6 is 0 Å².